The second-order valence-electron chi connectivity index (χ2n) is 8.19. The summed E-state index contributed by atoms with van der Waals surface area (Å²) in [6, 6.07) is 10.1. The summed E-state index contributed by atoms with van der Waals surface area (Å²) >= 11 is 0. The van der Waals surface area contributed by atoms with Crippen LogP contribution in [0.1, 0.15) is 36.8 Å². The Labute approximate surface area is 183 Å². The van der Waals surface area contributed by atoms with Gasteiger partial charge in [0.25, 0.3) is 15.9 Å². The number of rotatable bonds is 4. The Morgan fingerprint density at radius 3 is 2.48 bits per heavy atom. The van der Waals surface area contributed by atoms with E-state index in [2.05, 4.69) is 4.72 Å². The van der Waals surface area contributed by atoms with Crippen LogP contribution in [0.25, 0.3) is 0 Å². The molecule has 2 aliphatic rings. The number of carbonyl (C=O) groups excluding carboxylic acids is 1. The number of ether oxygens (including phenoxy) is 2. The van der Waals surface area contributed by atoms with Gasteiger partial charge in [0.05, 0.1) is 10.6 Å². The third-order valence-corrected chi connectivity index (χ3v) is 7.08. The number of fused-ring (bicyclic) bond motifs is 1. The van der Waals surface area contributed by atoms with E-state index in [0.717, 1.165) is 49.9 Å². The number of anilines is 1. The minimum atomic E-state index is -3.80. The zero-order valence-corrected chi connectivity index (χ0v) is 18.7. The van der Waals surface area contributed by atoms with Crippen molar-refractivity contribution in [1.29, 1.82) is 0 Å². The molecule has 2 aromatic rings. The van der Waals surface area contributed by atoms with E-state index in [9.17, 15) is 13.2 Å². The first-order valence-electron chi connectivity index (χ1n) is 10.7. The van der Waals surface area contributed by atoms with Crippen LogP contribution in [0.2, 0.25) is 0 Å². The van der Waals surface area contributed by atoms with Gasteiger partial charge in [-0.25, -0.2) is 8.42 Å². The Morgan fingerprint density at radius 1 is 1.00 bits per heavy atom. The molecular formula is C23H28N2O5S. The normalized spacial score (nSPS) is 18.9. The lowest BCUT2D eigenvalue weighted by atomic mass is 10.1. The van der Waals surface area contributed by atoms with Crippen molar-refractivity contribution in [3.63, 3.8) is 0 Å². The summed E-state index contributed by atoms with van der Waals surface area (Å²) in [6.45, 7) is 5.31. The molecule has 1 atom stereocenters. The van der Waals surface area contributed by atoms with Crippen molar-refractivity contribution in [1.82, 2.24) is 4.90 Å². The van der Waals surface area contributed by atoms with Gasteiger partial charge in [-0.1, -0.05) is 25.0 Å². The molecule has 0 spiro atoms. The highest BCUT2D eigenvalue weighted by molar-refractivity contribution is 7.92. The van der Waals surface area contributed by atoms with Crippen LogP contribution in [-0.4, -0.2) is 45.0 Å². The largest absolute Gasteiger partial charge is 0.485 e. The molecule has 2 heterocycles. The quantitative estimate of drug-likeness (QED) is 0.778. The summed E-state index contributed by atoms with van der Waals surface area (Å²) in [6.07, 6.45) is 3.58. The Balaban J connectivity index is 1.49. The van der Waals surface area contributed by atoms with Crippen molar-refractivity contribution in [3.8, 4) is 11.5 Å². The van der Waals surface area contributed by atoms with Gasteiger partial charge in [0.1, 0.15) is 6.61 Å². The summed E-state index contributed by atoms with van der Waals surface area (Å²) in [5.41, 5.74) is 2.34. The van der Waals surface area contributed by atoms with Gasteiger partial charge < -0.3 is 14.4 Å². The van der Waals surface area contributed by atoms with E-state index in [0.29, 0.717) is 17.2 Å². The maximum absolute atomic E-state index is 12.9. The van der Waals surface area contributed by atoms with Gasteiger partial charge in [-0.3, -0.25) is 9.52 Å². The summed E-state index contributed by atoms with van der Waals surface area (Å²) in [5, 5.41) is 0. The van der Waals surface area contributed by atoms with E-state index < -0.39 is 16.1 Å². The highest BCUT2D eigenvalue weighted by Crippen LogP contribution is 2.35. The summed E-state index contributed by atoms with van der Waals surface area (Å²) in [5.74, 6) is 0.634. The standard InChI is InChI=1S/C23H28N2O5S/c1-16-7-8-17(2)19(13-16)24-31(27,28)18-9-10-20-21(14-18)29-15-22(30-20)23(26)25-11-5-3-4-6-12-25/h7-10,13-14,22,24H,3-6,11-12,15H2,1-2H3/t22-/m0/s1. The van der Waals surface area contributed by atoms with E-state index in [1.165, 1.54) is 12.1 Å². The van der Waals surface area contributed by atoms with Crippen LogP contribution in [0.15, 0.2) is 41.3 Å². The van der Waals surface area contributed by atoms with E-state index >= 15 is 0 Å². The van der Waals surface area contributed by atoms with Crippen LogP contribution in [-0.2, 0) is 14.8 Å². The van der Waals surface area contributed by atoms with E-state index in [1.807, 2.05) is 30.9 Å². The molecule has 2 aliphatic heterocycles. The van der Waals surface area contributed by atoms with Gasteiger partial charge in [-0.2, -0.15) is 0 Å². The number of hydrogen-bond acceptors (Lipinski definition) is 5. The number of likely N-dealkylation sites (tertiary alicyclic amines) is 1. The minimum absolute atomic E-state index is 0.0657. The minimum Gasteiger partial charge on any atom is -0.485 e. The monoisotopic (exact) mass is 444 g/mol. The second-order valence-corrected chi connectivity index (χ2v) is 9.87. The molecule has 166 valence electrons. The summed E-state index contributed by atoms with van der Waals surface area (Å²) < 4.78 is 40.1. The second kappa shape index (κ2) is 8.78. The van der Waals surface area contributed by atoms with Gasteiger partial charge >= 0.3 is 0 Å². The predicted molar refractivity (Wildman–Crippen MR) is 118 cm³/mol. The molecule has 0 aliphatic carbocycles. The molecule has 1 saturated heterocycles. The van der Waals surface area contributed by atoms with E-state index in [1.54, 1.807) is 12.1 Å². The third-order valence-electron chi connectivity index (χ3n) is 5.72. The first-order chi connectivity index (χ1) is 14.8. The molecular weight excluding hydrogens is 416 g/mol. The fourth-order valence-corrected chi connectivity index (χ4v) is 5.02. The molecule has 0 unspecified atom stereocenters. The third kappa shape index (κ3) is 4.79. The fraction of sp³-hybridized carbons (Fsp3) is 0.435. The van der Waals surface area contributed by atoms with E-state index in [4.69, 9.17) is 9.47 Å². The number of nitrogens with one attached hydrogen (secondary N) is 1. The van der Waals surface area contributed by atoms with Gasteiger partial charge in [0.2, 0.25) is 6.10 Å². The number of amides is 1. The SMILES string of the molecule is Cc1ccc(C)c(NS(=O)(=O)c2ccc3c(c2)OC[C@@H](C(=O)N2CCCCCC2)O3)c1. The molecule has 0 bridgehead atoms. The van der Waals surface area contributed by atoms with Crippen LogP contribution < -0.4 is 14.2 Å². The van der Waals surface area contributed by atoms with Crippen LogP contribution in [0.3, 0.4) is 0 Å². The first kappa shape index (κ1) is 21.5. The van der Waals surface area contributed by atoms with Crippen LogP contribution in [0.5, 0.6) is 11.5 Å². The van der Waals surface area contributed by atoms with Crippen LogP contribution in [0.4, 0.5) is 5.69 Å². The average molecular weight is 445 g/mol. The smallest absolute Gasteiger partial charge is 0.267 e. The zero-order chi connectivity index (χ0) is 22.0. The topological polar surface area (TPSA) is 84.9 Å². The molecule has 7 nitrogen and oxygen atoms in total. The Hall–Kier alpha value is -2.74. The van der Waals surface area contributed by atoms with Crippen molar-refractivity contribution in [2.45, 2.75) is 50.5 Å². The van der Waals surface area contributed by atoms with Gasteiger partial charge in [0, 0.05) is 19.2 Å². The zero-order valence-electron chi connectivity index (χ0n) is 17.9. The molecule has 2 aromatic carbocycles. The number of sulfonamides is 1. The number of hydrogen-bond donors (Lipinski definition) is 1. The number of benzene rings is 2. The molecule has 4 rings (SSSR count). The molecule has 31 heavy (non-hydrogen) atoms. The van der Waals surface area contributed by atoms with Crippen LogP contribution >= 0.6 is 0 Å². The van der Waals surface area contributed by atoms with Gasteiger partial charge in [-0.15, -0.1) is 0 Å². The number of nitrogens with zero attached hydrogens (tertiary/aromatic N) is 1. The molecule has 0 aromatic heterocycles. The Morgan fingerprint density at radius 2 is 1.74 bits per heavy atom. The van der Waals surface area contributed by atoms with Crippen molar-refractivity contribution in [2.75, 3.05) is 24.4 Å². The summed E-state index contributed by atoms with van der Waals surface area (Å²) in [4.78, 5) is 14.7. The molecule has 1 fully saturated rings. The van der Waals surface area contributed by atoms with Crippen molar-refractivity contribution >= 4 is 21.6 Å². The number of carbonyl (C=O) groups is 1. The van der Waals surface area contributed by atoms with Gasteiger partial charge in [-0.05, 0) is 56.0 Å². The Bertz CT molecular complexity index is 1080. The molecule has 8 heteroatoms. The average Bonchev–Trinajstić information content (AvgIpc) is 3.04. The molecule has 0 saturated carbocycles. The predicted octanol–water partition coefficient (Wildman–Crippen LogP) is 3.65. The number of aryl methyl sites for hydroxylation is 2. The van der Waals surface area contributed by atoms with Gasteiger partial charge in [0.15, 0.2) is 11.5 Å². The molecule has 1 N–H and O–H groups in total. The van der Waals surface area contributed by atoms with Crippen molar-refractivity contribution in [3.05, 3.63) is 47.5 Å². The maximum atomic E-state index is 12.9. The molecule has 1 amide bonds. The maximum Gasteiger partial charge on any atom is 0.267 e. The lowest BCUT2D eigenvalue weighted by molar-refractivity contribution is -0.141. The van der Waals surface area contributed by atoms with E-state index in [-0.39, 0.29) is 17.4 Å². The Kier molecular flexibility index (Phi) is 6.09. The highest BCUT2D eigenvalue weighted by atomic mass is 32.2. The van der Waals surface area contributed by atoms with Crippen LogP contribution in [0, 0.1) is 13.8 Å². The van der Waals surface area contributed by atoms with Crippen molar-refractivity contribution in [2.24, 2.45) is 0 Å². The first-order valence-corrected chi connectivity index (χ1v) is 12.1. The van der Waals surface area contributed by atoms with Crippen molar-refractivity contribution < 1.29 is 22.7 Å². The lowest BCUT2D eigenvalue weighted by Gasteiger charge is -2.30. The highest BCUT2D eigenvalue weighted by Gasteiger charge is 2.32. The summed E-state index contributed by atoms with van der Waals surface area (Å²) in [7, 11) is -3.80. The fourth-order valence-electron chi connectivity index (χ4n) is 3.88. The lowest BCUT2D eigenvalue weighted by Crippen LogP contribution is -2.46. The molecule has 0 radical (unpaired) electrons.